The van der Waals surface area contributed by atoms with Crippen LogP contribution >= 0.6 is 0 Å². The van der Waals surface area contributed by atoms with E-state index in [1.54, 1.807) is 0 Å². The van der Waals surface area contributed by atoms with Gasteiger partial charge in [-0.05, 0) is 70.3 Å². The molecule has 0 unspecified atom stereocenters. The van der Waals surface area contributed by atoms with Crippen molar-refractivity contribution in [3.05, 3.63) is 30.0 Å². The number of hydrogen-bond donors (Lipinski definition) is 0. The largest absolute Gasteiger partial charge is 0.356 e. The van der Waals surface area contributed by atoms with E-state index in [0.717, 1.165) is 81.4 Å². The summed E-state index contributed by atoms with van der Waals surface area (Å²) in [6.07, 6.45) is 6.59. The fraction of sp³-hybridized carbons (Fsp3) is 0.609. The number of fused-ring (bicyclic) bond motifs is 2. The number of rotatable bonds is 6. The number of likely N-dealkylation sites (tertiary alicyclic amines) is 1. The molecule has 0 radical (unpaired) electrons. The molecule has 4 heterocycles. The lowest BCUT2D eigenvalue weighted by atomic mass is 9.91. The molecule has 1 atom stereocenters. The van der Waals surface area contributed by atoms with E-state index >= 15 is 0 Å². The molecule has 0 N–H and O–H groups in total. The van der Waals surface area contributed by atoms with Crippen LogP contribution < -0.4 is 0 Å². The van der Waals surface area contributed by atoms with Gasteiger partial charge < -0.3 is 14.3 Å². The average molecular weight is 411 g/mol. The Morgan fingerprint density at radius 3 is 2.67 bits per heavy atom. The van der Waals surface area contributed by atoms with E-state index in [1.165, 1.54) is 4.90 Å². The second kappa shape index (κ2) is 8.38. The van der Waals surface area contributed by atoms with Crippen LogP contribution in [0, 0.1) is 0 Å². The van der Waals surface area contributed by atoms with Gasteiger partial charge in [-0.15, -0.1) is 0 Å². The number of carbonyl (C=O) groups is 2. The van der Waals surface area contributed by atoms with Crippen LogP contribution in [-0.4, -0.2) is 70.6 Å². The lowest BCUT2D eigenvalue weighted by Gasteiger charge is -2.36. The van der Waals surface area contributed by atoms with E-state index in [0.29, 0.717) is 18.9 Å². The van der Waals surface area contributed by atoms with Crippen molar-refractivity contribution in [2.45, 2.75) is 56.9 Å². The Hall–Kier alpha value is -2.41. The molecule has 3 saturated heterocycles. The van der Waals surface area contributed by atoms with Crippen LogP contribution in [0.15, 0.2) is 28.8 Å². The second-order valence-electron chi connectivity index (χ2n) is 8.91. The number of imide groups is 1. The van der Waals surface area contributed by atoms with Crippen molar-refractivity contribution >= 4 is 22.9 Å². The highest BCUT2D eigenvalue weighted by atomic mass is 16.5. The minimum Gasteiger partial charge on any atom is -0.356 e. The van der Waals surface area contributed by atoms with Gasteiger partial charge in [-0.1, -0.05) is 17.3 Å². The van der Waals surface area contributed by atoms with E-state index in [1.807, 2.05) is 23.1 Å². The first-order valence-electron chi connectivity index (χ1n) is 11.4. The third-order valence-electron chi connectivity index (χ3n) is 7.05. The van der Waals surface area contributed by atoms with Crippen molar-refractivity contribution in [1.82, 2.24) is 19.9 Å². The Bertz CT molecular complexity index is 918. The zero-order valence-corrected chi connectivity index (χ0v) is 17.5. The number of benzene rings is 1. The predicted molar refractivity (Wildman–Crippen MR) is 113 cm³/mol. The highest BCUT2D eigenvalue weighted by Crippen LogP contribution is 2.32. The summed E-state index contributed by atoms with van der Waals surface area (Å²) in [5.74, 6) is 0.478. The van der Waals surface area contributed by atoms with E-state index in [4.69, 9.17) is 4.52 Å². The van der Waals surface area contributed by atoms with Crippen molar-refractivity contribution in [1.29, 1.82) is 0 Å². The molecule has 3 amide bonds. The fourth-order valence-electron chi connectivity index (χ4n) is 5.33. The molecule has 1 aromatic heterocycles. The van der Waals surface area contributed by atoms with Crippen LogP contribution in [0.3, 0.4) is 0 Å². The number of piperidine rings is 1. The van der Waals surface area contributed by atoms with Gasteiger partial charge in [0.1, 0.15) is 0 Å². The minimum absolute atomic E-state index is 0.0174. The van der Waals surface area contributed by atoms with Gasteiger partial charge in [-0.3, -0.25) is 9.69 Å². The fourth-order valence-corrected chi connectivity index (χ4v) is 5.33. The predicted octanol–water partition coefficient (Wildman–Crippen LogP) is 3.60. The SMILES string of the molecule is O=C1C[C@@H]2CCCN2C(=O)N1CCCCN1CCC(c2noc3ccccc23)CC1. The van der Waals surface area contributed by atoms with Crippen molar-refractivity contribution < 1.29 is 14.1 Å². The number of para-hydroxylation sites is 1. The summed E-state index contributed by atoms with van der Waals surface area (Å²) in [6, 6.07) is 8.19. The van der Waals surface area contributed by atoms with Gasteiger partial charge in [0.2, 0.25) is 5.91 Å². The summed E-state index contributed by atoms with van der Waals surface area (Å²) in [4.78, 5) is 30.8. The van der Waals surface area contributed by atoms with Gasteiger partial charge in [0, 0.05) is 36.9 Å². The number of aromatic nitrogens is 1. The number of nitrogens with zero attached hydrogens (tertiary/aromatic N) is 4. The summed E-state index contributed by atoms with van der Waals surface area (Å²) in [5, 5.41) is 5.49. The molecule has 160 valence electrons. The highest BCUT2D eigenvalue weighted by Gasteiger charge is 2.40. The van der Waals surface area contributed by atoms with Crippen LogP contribution in [0.1, 0.15) is 56.6 Å². The number of carbonyl (C=O) groups excluding carboxylic acids is 2. The van der Waals surface area contributed by atoms with E-state index in [2.05, 4.69) is 16.1 Å². The standard InChI is InChI=1S/C23H30N4O3/c28-21-16-18-6-5-13-26(18)23(29)27(21)12-4-3-11-25-14-9-17(10-15-25)22-19-7-1-2-8-20(19)30-24-22/h1-2,7-8,17-18H,3-6,9-16H2/t18-/m0/s1. The third kappa shape index (κ3) is 3.71. The maximum Gasteiger partial charge on any atom is 0.326 e. The Balaban J connectivity index is 1.06. The molecule has 2 aromatic rings. The van der Waals surface area contributed by atoms with Gasteiger partial charge in [-0.2, -0.15) is 0 Å². The van der Waals surface area contributed by atoms with E-state index in [9.17, 15) is 9.59 Å². The summed E-state index contributed by atoms with van der Waals surface area (Å²) in [6.45, 7) is 4.51. The van der Waals surface area contributed by atoms with E-state index < -0.39 is 0 Å². The number of unbranched alkanes of at least 4 members (excludes halogenated alkanes) is 1. The maximum atomic E-state index is 12.6. The monoisotopic (exact) mass is 410 g/mol. The molecule has 3 aliphatic rings. The Labute approximate surface area is 177 Å². The van der Waals surface area contributed by atoms with E-state index in [-0.39, 0.29) is 18.0 Å². The smallest absolute Gasteiger partial charge is 0.326 e. The summed E-state index contributed by atoms with van der Waals surface area (Å²) < 4.78 is 5.48. The molecular formula is C23H30N4O3. The highest BCUT2D eigenvalue weighted by molar-refractivity contribution is 5.97. The topological polar surface area (TPSA) is 69.9 Å². The molecule has 1 aromatic carbocycles. The van der Waals surface area contributed by atoms with Gasteiger partial charge in [0.15, 0.2) is 5.58 Å². The molecule has 30 heavy (non-hydrogen) atoms. The first-order valence-corrected chi connectivity index (χ1v) is 11.4. The van der Waals surface area contributed by atoms with Gasteiger partial charge in [-0.25, -0.2) is 4.79 Å². The minimum atomic E-state index is -0.0607. The second-order valence-corrected chi connectivity index (χ2v) is 8.91. The number of urea groups is 1. The molecule has 7 nitrogen and oxygen atoms in total. The number of amides is 3. The lowest BCUT2D eigenvalue weighted by molar-refractivity contribution is -0.132. The first-order chi connectivity index (χ1) is 14.7. The summed E-state index contributed by atoms with van der Waals surface area (Å²) >= 11 is 0. The lowest BCUT2D eigenvalue weighted by Crippen LogP contribution is -2.54. The zero-order chi connectivity index (χ0) is 20.5. The molecular weight excluding hydrogens is 380 g/mol. The normalized spacial score (nSPS) is 23.5. The number of hydrogen-bond acceptors (Lipinski definition) is 5. The molecule has 0 aliphatic carbocycles. The van der Waals surface area contributed by atoms with Gasteiger partial charge >= 0.3 is 6.03 Å². The Kier molecular flexibility index (Phi) is 5.46. The van der Waals surface area contributed by atoms with Gasteiger partial charge in [0.25, 0.3) is 0 Å². The first kappa shape index (κ1) is 19.5. The molecule has 0 bridgehead atoms. The molecule has 3 aliphatic heterocycles. The van der Waals surface area contributed by atoms with Gasteiger partial charge in [0.05, 0.1) is 5.69 Å². The van der Waals surface area contributed by atoms with Crippen LogP contribution in [0.2, 0.25) is 0 Å². The van der Waals surface area contributed by atoms with Crippen molar-refractivity contribution in [3.8, 4) is 0 Å². The van der Waals surface area contributed by atoms with Crippen LogP contribution in [0.4, 0.5) is 4.79 Å². The molecule has 0 spiro atoms. The zero-order valence-electron chi connectivity index (χ0n) is 17.5. The quantitative estimate of drug-likeness (QED) is 0.681. The molecule has 7 heteroatoms. The molecule has 0 saturated carbocycles. The van der Waals surface area contributed by atoms with Crippen LogP contribution in [0.25, 0.3) is 11.0 Å². The van der Waals surface area contributed by atoms with Crippen molar-refractivity contribution in [2.75, 3.05) is 32.7 Å². The average Bonchev–Trinajstić information content (AvgIpc) is 3.40. The molecule has 3 fully saturated rings. The summed E-state index contributed by atoms with van der Waals surface area (Å²) in [7, 11) is 0. The Morgan fingerprint density at radius 2 is 1.80 bits per heavy atom. The molecule has 5 rings (SSSR count). The summed E-state index contributed by atoms with van der Waals surface area (Å²) in [5.41, 5.74) is 1.98. The van der Waals surface area contributed by atoms with Crippen molar-refractivity contribution in [2.24, 2.45) is 0 Å². The van der Waals surface area contributed by atoms with Crippen LogP contribution in [0.5, 0.6) is 0 Å². The van der Waals surface area contributed by atoms with Crippen LogP contribution in [-0.2, 0) is 4.79 Å². The Morgan fingerprint density at radius 1 is 1.00 bits per heavy atom. The maximum absolute atomic E-state index is 12.6. The van der Waals surface area contributed by atoms with Crippen molar-refractivity contribution in [3.63, 3.8) is 0 Å². The third-order valence-corrected chi connectivity index (χ3v) is 7.05.